The lowest BCUT2D eigenvalue weighted by atomic mass is 10.2. The van der Waals surface area contributed by atoms with E-state index in [-0.39, 0.29) is 5.91 Å². The maximum atomic E-state index is 12.7. The van der Waals surface area contributed by atoms with Gasteiger partial charge in [-0.25, -0.2) is 9.97 Å². The lowest BCUT2D eigenvalue weighted by Crippen LogP contribution is -2.26. The minimum atomic E-state index is -0.0273. The van der Waals surface area contributed by atoms with Crippen molar-refractivity contribution in [3.63, 3.8) is 0 Å². The lowest BCUT2D eigenvalue weighted by molar-refractivity contribution is 0.0950. The number of pyridine rings is 1. The molecule has 28 heavy (non-hydrogen) atoms. The Kier molecular flexibility index (Phi) is 6.44. The molecule has 1 fully saturated rings. The highest BCUT2D eigenvalue weighted by molar-refractivity contribution is 7.99. The molecule has 1 N–H and O–H groups in total. The summed E-state index contributed by atoms with van der Waals surface area (Å²) >= 11 is 5.18. The molecule has 0 atom stereocenters. The topological polar surface area (TPSA) is 54.9 Å². The predicted molar refractivity (Wildman–Crippen MR) is 119 cm³/mol. The van der Waals surface area contributed by atoms with Gasteiger partial charge in [0.2, 0.25) is 0 Å². The molecule has 0 aliphatic heterocycles. The van der Waals surface area contributed by atoms with Crippen LogP contribution in [0, 0.1) is 6.92 Å². The van der Waals surface area contributed by atoms with Crippen LogP contribution >= 0.6 is 34.4 Å². The fourth-order valence-electron chi connectivity index (χ4n) is 3.34. The molecule has 7 heteroatoms. The van der Waals surface area contributed by atoms with Crippen LogP contribution in [0.25, 0.3) is 10.6 Å². The van der Waals surface area contributed by atoms with Gasteiger partial charge < -0.3 is 5.32 Å². The highest BCUT2D eigenvalue weighted by Crippen LogP contribution is 2.35. The van der Waals surface area contributed by atoms with Crippen molar-refractivity contribution in [2.24, 2.45) is 0 Å². The largest absolute Gasteiger partial charge is 0.352 e. The molecule has 4 rings (SSSR count). The zero-order chi connectivity index (χ0) is 19.3. The molecule has 1 saturated carbocycles. The van der Waals surface area contributed by atoms with Crippen LogP contribution in [0.2, 0.25) is 0 Å². The zero-order valence-electron chi connectivity index (χ0n) is 15.8. The van der Waals surface area contributed by atoms with E-state index >= 15 is 0 Å². The number of thioether (sulfide) groups is 1. The van der Waals surface area contributed by atoms with E-state index in [2.05, 4.69) is 32.8 Å². The Morgan fingerprint density at radius 1 is 1.29 bits per heavy atom. The van der Waals surface area contributed by atoms with Crippen LogP contribution in [0.15, 0.2) is 40.9 Å². The Morgan fingerprint density at radius 2 is 2.14 bits per heavy atom. The summed E-state index contributed by atoms with van der Waals surface area (Å²) < 4.78 is 0. The average molecular weight is 430 g/mol. The summed E-state index contributed by atoms with van der Waals surface area (Å²) in [5.41, 5.74) is 1.75. The number of hydrogen-bond acceptors (Lipinski definition) is 6. The number of carbonyl (C=O) groups excluding carboxylic acids is 1. The van der Waals surface area contributed by atoms with Gasteiger partial charge >= 0.3 is 0 Å². The van der Waals surface area contributed by atoms with Crippen molar-refractivity contribution in [3.05, 3.63) is 51.3 Å². The van der Waals surface area contributed by atoms with E-state index in [9.17, 15) is 4.79 Å². The number of thiazole rings is 1. The number of thiophene rings is 1. The molecule has 146 valence electrons. The van der Waals surface area contributed by atoms with Crippen molar-refractivity contribution in [2.75, 3.05) is 6.54 Å². The number of rotatable bonds is 7. The Labute approximate surface area is 177 Å². The molecule has 0 saturated heterocycles. The molecule has 3 heterocycles. The molecule has 0 spiro atoms. The maximum absolute atomic E-state index is 12.7. The van der Waals surface area contributed by atoms with Gasteiger partial charge in [-0.15, -0.1) is 34.4 Å². The summed E-state index contributed by atoms with van der Waals surface area (Å²) in [5.74, 6) is -0.0273. The van der Waals surface area contributed by atoms with Gasteiger partial charge in [0.1, 0.15) is 5.03 Å². The summed E-state index contributed by atoms with van der Waals surface area (Å²) in [6, 6.07) is 7.97. The third-order valence-corrected chi connectivity index (χ3v) is 8.08. The number of nitrogens with one attached hydrogen (secondary N) is 1. The third kappa shape index (κ3) is 4.82. The molecule has 1 aliphatic carbocycles. The van der Waals surface area contributed by atoms with Crippen LogP contribution in [-0.4, -0.2) is 27.7 Å². The summed E-state index contributed by atoms with van der Waals surface area (Å²) in [7, 11) is 0. The number of amides is 1. The van der Waals surface area contributed by atoms with Crippen LogP contribution in [-0.2, 0) is 6.42 Å². The second-order valence-corrected chi connectivity index (χ2v) is 10.4. The molecular weight excluding hydrogens is 406 g/mol. The molecule has 0 unspecified atom stereocenters. The van der Waals surface area contributed by atoms with Gasteiger partial charge in [-0.2, -0.15) is 0 Å². The first-order valence-electron chi connectivity index (χ1n) is 9.60. The van der Waals surface area contributed by atoms with Gasteiger partial charge in [0, 0.05) is 28.2 Å². The fourth-order valence-corrected chi connectivity index (χ4v) is 6.29. The first-order chi connectivity index (χ1) is 13.7. The summed E-state index contributed by atoms with van der Waals surface area (Å²) in [6.45, 7) is 2.65. The standard InChI is InChI=1S/C21H23N3OS3/c1-14-24-18(13-26-14)19-9-8-16(27-19)10-12-22-20(25)17-7-4-11-23-21(17)28-15-5-2-3-6-15/h4,7-9,11,13,15H,2-3,5-6,10,12H2,1H3,(H,22,25). The smallest absolute Gasteiger partial charge is 0.254 e. The molecule has 4 nitrogen and oxygen atoms in total. The Bertz CT molecular complexity index is 944. The van der Waals surface area contributed by atoms with Gasteiger partial charge in [-0.1, -0.05) is 12.8 Å². The highest BCUT2D eigenvalue weighted by Gasteiger charge is 2.20. The van der Waals surface area contributed by atoms with E-state index in [0.717, 1.165) is 22.1 Å². The number of aryl methyl sites for hydroxylation is 1. The summed E-state index contributed by atoms with van der Waals surface area (Å²) in [5, 5.41) is 7.71. The van der Waals surface area contributed by atoms with E-state index < -0.39 is 0 Å². The van der Waals surface area contributed by atoms with Crippen molar-refractivity contribution < 1.29 is 4.79 Å². The second-order valence-electron chi connectivity index (χ2n) is 6.90. The number of aromatic nitrogens is 2. The van der Waals surface area contributed by atoms with E-state index in [1.54, 1.807) is 40.6 Å². The predicted octanol–water partition coefficient (Wildman–Crippen LogP) is 5.58. The Balaban J connectivity index is 1.33. The van der Waals surface area contributed by atoms with E-state index in [0.29, 0.717) is 17.4 Å². The summed E-state index contributed by atoms with van der Waals surface area (Å²) in [4.78, 5) is 24.1. The quantitative estimate of drug-likeness (QED) is 0.532. The highest BCUT2D eigenvalue weighted by atomic mass is 32.2. The molecule has 0 bridgehead atoms. The zero-order valence-corrected chi connectivity index (χ0v) is 18.3. The minimum Gasteiger partial charge on any atom is -0.352 e. The monoisotopic (exact) mass is 429 g/mol. The number of nitrogens with zero attached hydrogens (tertiary/aromatic N) is 2. The Morgan fingerprint density at radius 3 is 2.93 bits per heavy atom. The van der Waals surface area contributed by atoms with Crippen molar-refractivity contribution in [1.82, 2.24) is 15.3 Å². The van der Waals surface area contributed by atoms with Crippen LogP contribution in [0.1, 0.15) is 45.9 Å². The third-order valence-electron chi connectivity index (χ3n) is 4.79. The van der Waals surface area contributed by atoms with Gasteiger partial charge in [0.05, 0.1) is 21.1 Å². The van der Waals surface area contributed by atoms with Crippen LogP contribution in [0.5, 0.6) is 0 Å². The minimum absolute atomic E-state index is 0.0273. The van der Waals surface area contributed by atoms with E-state index in [1.807, 2.05) is 19.1 Å². The van der Waals surface area contributed by atoms with Crippen molar-refractivity contribution in [2.45, 2.75) is 49.3 Å². The van der Waals surface area contributed by atoms with E-state index in [1.165, 1.54) is 35.4 Å². The average Bonchev–Trinajstić information content (AvgIpc) is 3.44. The molecule has 1 aliphatic rings. The fraction of sp³-hybridized carbons (Fsp3) is 0.381. The summed E-state index contributed by atoms with van der Waals surface area (Å²) in [6.07, 6.45) is 7.62. The second kappa shape index (κ2) is 9.20. The van der Waals surface area contributed by atoms with Gasteiger partial charge in [-0.3, -0.25) is 4.79 Å². The molecule has 0 aromatic carbocycles. The SMILES string of the molecule is Cc1nc(-c2ccc(CCNC(=O)c3cccnc3SC3CCCC3)s2)cs1. The number of carbonyl (C=O) groups is 1. The number of hydrogen-bond donors (Lipinski definition) is 1. The molecule has 1 amide bonds. The van der Waals surface area contributed by atoms with E-state index in [4.69, 9.17) is 0 Å². The molecule has 3 aromatic heterocycles. The first kappa shape index (κ1) is 19.6. The van der Waals surface area contributed by atoms with Crippen LogP contribution < -0.4 is 5.32 Å². The molecular formula is C21H23N3OS3. The lowest BCUT2D eigenvalue weighted by Gasteiger charge is -2.12. The van der Waals surface area contributed by atoms with Crippen molar-refractivity contribution >= 4 is 40.3 Å². The van der Waals surface area contributed by atoms with Crippen molar-refractivity contribution in [3.8, 4) is 10.6 Å². The molecule has 0 radical (unpaired) electrons. The van der Waals surface area contributed by atoms with Gasteiger partial charge in [0.15, 0.2) is 0 Å². The van der Waals surface area contributed by atoms with Gasteiger partial charge in [-0.05, 0) is 50.5 Å². The normalized spacial score (nSPS) is 14.5. The van der Waals surface area contributed by atoms with Crippen LogP contribution in [0.3, 0.4) is 0 Å². The molecule has 3 aromatic rings. The van der Waals surface area contributed by atoms with Crippen molar-refractivity contribution in [1.29, 1.82) is 0 Å². The Hall–Kier alpha value is -1.70. The van der Waals surface area contributed by atoms with Crippen LogP contribution in [0.4, 0.5) is 0 Å². The maximum Gasteiger partial charge on any atom is 0.254 e. The first-order valence-corrected chi connectivity index (χ1v) is 12.2. The van der Waals surface area contributed by atoms with Gasteiger partial charge in [0.25, 0.3) is 5.91 Å².